The Labute approximate surface area is 300 Å². The van der Waals surface area contributed by atoms with Crippen molar-refractivity contribution in [1.82, 2.24) is 25.9 Å². The topological polar surface area (TPSA) is 152 Å². The summed E-state index contributed by atoms with van der Waals surface area (Å²) < 4.78 is 5.89. The molecule has 6 aromatic rings. The van der Waals surface area contributed by atoms with Crippen LogP contribution in [0.15, 0.2) is 84.9 Å². The van der Waals surface area contributed by atoms with E-state index in [0.717, 1.165) is 88.7 Å². The number of H-pyrrole nitrogens is 2. The van der Waals surface area contributed by atoms with E-state index in [-0.39, 0.29) is 29.4 Å². The molecule has 10 nitrogen and oxygen atoms in total. The Morgan fingerprint density at radius 1 is 0.654 bits per heavy atom. The molecule has 2 aliphatic heterocycles. The number of nitrogens with one attached hydrogen (secondary N) is 5. The first-order chi connectivity index (χ1) is 25.4. The highest BCUT2D eigenvalue weighted by Crippen LogP contribution is 2.42. The maximum absolute atomic E-state index is 12.8. The Hall–Kier alpha value is -5.58. The van der Waals surface area contributed by atoms with E-state index in [0.29, 0.717) is 41.6 Å². The second kappa shape index (κ2) is 13.2. The predicted octanol–water partition coefficient (Wildman–Crippen LogP) is 6.84. The number of carbonyl (C=O) groups excluding carboxylic acids is 2. The largest absolute Gasteiger partial charge is 0.508 e. The van der Waals surface area contributed by atoms with Gasteiger partial charge in [0, 0.05) is 68.5 Å². The van der Waals surface area contributed by atoms with Crippen molar-refractivity contribution in [1.29, 1.82) is 0 Å². The van der Waals surface area contributed by atoms with Crippen molar-refractivity contribution in [3.05, 3.63) is 130 Å². The first-order valence-corrected chi connectivity index (χ1v) is 18.2. The summed E-state index contributed by atoms with van der Waals surface area (Å²) in [6, 6.07) is 25.6. The van der Waals surface area contributed by atoms with Gasteiger partial charge in [-0.2, -0.15) is 0 Å². The molecule has 0 radical (unpaired) electrons. The van der Waals surface area contributed by atoms with E-state index in [9.17, 15) is 19.8 Å². The lowest BCUT2D eigenvalue weighted by Gasteiger charge is -2.29. The highest BCUT2D eigenvalue weighted by molar-refractivity contribution is 6.01. The molecule has 9 rings (SSSR count). The molecule has 52 heavy (non-hydrogen) atoms. The molecule has 0 bridgehead atoms. The summed E-state index contributed by atoms with van der Waals surface area (Å²) in [5, 5.41) is 33.1. The number of ether oxygens (including phenoxy) is 1. The Morgan fingerprint density at radius 3 is 1.83 bits per heavy atom. The minimum atomic E-state index is -0.577. The standard InChI is InChI=1S/C42H41N5O5/c48-25-13-15-27-31(17-25)39(47-41(27)50)37-29-5-1-3-7-33(29)45-35(37)21-43-19-23-9-11-24(12-10-23)20-44-22-36-38(30-6-2-4-8-34(30)46-36)40-32-18-26(49)14-16-28(32)42(51)52-40/h1-8,13-18,23-24,39-40,43-46,48-49H,9-12,19-22H2,(H,47,50). The number of fused-ring (bicyclic) bond motifs is 4. The molecule has 1 amide bonds. The fourth-order valence-electron chi connectivity index (χ4n) is 8.70. The molecule has 7 N–H and O–H groups in total. The Bertz CT molecular complexity index is 2170. The molecule has 0 spiro atoms. The van der Waals surface area contributed by atoms with Crippen LogP contribution in [0.4, 0.5) is 0 Å². The molecule has 1 aliphatic carbocycles. The van der Waals surface area contributed by atoms with Gasteiger partial charge in [0.2, 0.25) is 0 Å². The Kier molecular flexibility index (Phi) is 8.20. The minimum absolute atomic E-state index is 0.113. The maximum Gasteiger partial charge on any atom is 0.339 e. The highest BCUT2D eigenvalue weighted by Gasteiger charge is 2.36. The second-order valence-corrected chi connectivity index (χ2v) is 14.5. The van der Waals surface area contributed by atoms with Crippen LogP contribution in [0.1, 0.15) is 92.2 Å². The van der Waals surface area contributed by atoms with Gasteiger partial charge >= 0.3 is 5.97 Å². The average molecular weight is 696 g/mol. The number of hydrogen-bond donors (Lipinski definition) is 7. The van der Waals surface area contributed by atoms with Crippen LogP contribution < -0.4 is 16.0 Å². The number of para-hydroxylation sites is 2. The van der Waals surface area contributed by atoms with Crippen molar-refractivity contribution in [2.75, 3.05) is 13.1 Å². The van der Waals surface area contributed by atoms with Crippen molar-refractivity contribution in [3.63, 3.8) is 0 Å². The van der Waals surface area contributed by atoms with Gasteiger partial charge in [0.1, 0.15) is 11.5 Å². The number of hydrogen-bond acceptors (Lipinski definition) is 7. The van der Waals surface area contributed by atoms with Gasteiger partial charge in [0.25, 0.3) is 5.91 Å². The van der Waals surface area contributed by atoms with E-state index in [4.69, 9.17) is 4.74 Å². The van der Waals surface area contributed by atoms with Gasteiger partial charge in [0.15, 0.2) is 6.10 Å². The van der Waals surface area contributed by atoms with Crippen LogP contribution in [-0.2, 0) is 17.8 Å². The SMILES string of the molecule is O=C1NC(c2c(CNCC3CCC(CNCc4[nH]c5ccccc5c4C4OC(=O)c5ccc(O)cc54)CC3)[nH]c3ccccc23)c2cc(O)ccc21. The molecule has 1 saturated carbocycles. The molecule has 2 aromatic heterocycles. The zero-order chi connectivity index (χ0) is 35.3. The highest BCUT2D eigenvalue weighted by atomic mass is 16.5. The molecule has 1 fully saturated rings. The molecular formula is C42H41N5O5. The fourth-order valence-corrected chi connectivity index (χ4v) is 8.70. The number of carbonyl (C=O) groups is 2. The summed E-state index contributed by atoms with van der Waals surface area (Å²) in [6.07, 6.45) is 4.03. The van der Waals surface area contributed by atoms with E-state index >= 15 is 0 Å². The van der Waals surface area contributed by atoms with Crippen LogP contribution in [-0.4, -0.2) is 45.1 Å². The number of aromatic nitrogens is 2. The monoisotopic (exact) mass is 695 g/mol. The zero-order valence-electron chi connectivity index (χ0n) is 28.7. The fraction of sp³-hybridized carbons (Fsp3) is 0.286. The van der Waals surface area contributed by atoms with Crippen LogP contribution >= 0.6 is 0 Å². The summed E-state index contributed by atoms with van der Waals surface area (Å²) >= 11 is 0. The molecule has 0 saturated heterocycles. The third kappa shape index (κ3) is 5.78. The molecular weight excluding hydrogens is 654 g/mol. The van der Waals surface area contributed by atoms with Crippen LogP contribution in [0.25, 0.3) is 21.8 Å². The van der Waals surface area contributed by atoms with Crippen molar-refractivity contribution < 1.29 is 24.5 Å². The number of aromatic hydroxyl groups is 2. The quantitative estimate of drug-likeness (QED) is 0.0776. The van der Waals surface area contributed by atoms with Gasteiger partial charge in [0.05, 0.1) is 11.6 Å². The molecule has 2 atom stereocenters. The summed E-state index contributed by atoms with van der Waals surface area (Å²) in [5.74, 6) is 0.935. The van der Waals surface area contributed by atoms with E-state index in [1.54, 1.807) is 30.3 Å². The molecule has 3 aliphatic rings. The van der Waals surface area contributed by atoms with Gasteiger partial charge < -0.3 is 40.9 Å². The van der Waals surface area contributed by atoms with Gasteiger partial charge in [-0.15, -0.1) is 0 Å². The van der Waals surface area contributed by atoms with Crippen LogP contribution in [0, 0.1) is 11.8 Å². The van der Waals surface area contributed by atoms with E-state index in [2.05, 4.69) is 38.1 Å². The van der Waals surface area contributed by atoms with Crippen LogP contribution in [0.5, 0.6) is 11.5 Å². The first-order valence-electron chi connectivity index (χ1n) is 18.2. The normalized spacial score (nSPS) is 21.0. The van der Waals surface area contributed by atoms with Crippen LogP contribution in [0.3, 0.4) is 0 Å². The van der Waals surface area contributed by atoms with Crippen molar-refractivity contribution >= 4 is 33.7 Å². The number of rotatable bonds is 10. The molecule has 4 aromatic carbocycles. The van der Waals surface area contributed by atoms with Crippen LogP contribution in [0.2, 0.25) is 0 Å². The van der Waals surface area contributed by atoms with Gasteiger partial charge in [-0.1, -0.05) is 36.4 Å². The molecule has 264 valence electrons. The Morgan fingerprint density at radius 2 is 1.19 bits per heavy atom. The number of phenols is 2. The number of phenolic OH excluding ortho intramolecular Hbond substituents is 2. The third-order valence-corrected chi connectivity index (χ3v) is 11.3. The first kappa shape index (κ1) is 32.3. The van der Waals surface area contributed by atoms with Crippen molar-refractivity contribution in [2.24, 2.45) is 11.8 Å². The van der Waals surface area contributed by atoms with Gasteiger partial charge in [-0.3, -0.25) is 4.79 Å². The zero-order valence-corrected chi connectivity index (χ0v) is 28.7. The smallest absolute Gasteiger partial charge is 0.339 e. The van der Waals surface area contributed by atoms with Crippen molar-refractivity contribution in [3.8, 4) is 11.5 Å². The summed E-state index contributed by atoms with van der Waals surface area (Å²) in [4.78, 5) is 32.7. The molecule has 4 heterocycles. The lowest BCUT2D eigenvalue weighted by atomic mass is 9.82. The van der Waals surface area contributed by atoms with E-state index in [1.807, 2.05) is 36.4 Å². The van der Waals surface area contributed by atoms with Crippen molar-refractivity contribution in [2.45, 2.75) is 50.9 Å². The Balaban J connectivity index is 0.819. The lowest BCUT2D eigenvalue weighted by Crippen LogP contribution is -2.30. The number of aromatic amines is 2. The van der Waals surface area contributed by atoms with Gasteiger partial charge in [-0.25, -0.2) is 4.79 Å². The number of cyclic esters (lactones) is 1. The minimum Gasteiger partial charge on any atom is -0.508 e. The lowest BCUT2D eigenvalue weighted by molar-refractivity contribution is 0.0456. The predicted molar refractivity (Wildman–Crippen MR) is 198 cm³/mol. The maximum atomic E-state index is 12.8. The summed E-state index contributed by atoms with van der Waals surface area (Å²) in [5.41, 5.74) is 8.62. The summed E-state index contributed by atoms with van der Waals surface area (Å²) in [6.45, 7) is 3.09. The van der Waals surface area contributed by atoms with E-state index < -0.39 is 6.10 Å². The second-order valence-electron chi connectivity index (χ2n) is 14.5. The molecule has 10 heteroatoms. The number of benzene rings is 4. The van der Waals surface area contributed by atoms with E-state index in [1.165, 1.54) is 6.07 Å². The number of esters is 1. The summed E-state index contributed by atoms with van der Waals surface area (Å²) in [7, 11) is 0. The number of amides is 1. The van der Waals surface area contributed by atoms with Gasteiger partial charge in [-0.05, 0) is 105 Å². The third-order valence-electron chi connectivity index (χ3n) is 11.3. The molecule has 2 unspecified atom stereocenters. The average Bonchev–Trinajstić information content (AvgIpc) is 3.88.